The minimum Gasteiger partial charge on any atom is -0.497 e. The normalized spacial score (nSPS) is 12.9. The third-order valence-corrected chi connectivity index (χ3v) is 4.34. The van der Waals surface area contributed by atoms with E-state index >= 15 is 0 Å². The lowest BCUT2D eigenvalue weighted by Crippen LogP contribution is -2.08. The second-order valence-corrected chi connectivity index (χ2v) is 5.94. The van der Waals surface area contributed by atoms with E-state index in [4.69, 9.17) is 14.2 Å². The minimum atomic E-state index is -4.54. The number of fused-ring (bicyclic) bond motifs is 1. The quantitative estimate of drug-likeness (QED) is 0.602. The molecule has 0 atom stereocenters. The summed E-state index contributed by atoms with van der Waals surface area (Å²) in [6, 6.07) is 16.8. The van der Waals surface area contributed by atoms with Gasteiger partial charge in [0.25, 0.3) is 0 Å². The Labute approximate surface area is 153 Å². The molecule has 137 valence electrons. The van der Waals surface area contributed by atoms with Gasteiger partial charge in [0.1, 0.15) is 5.75 Å². The predicted octanol–water partition coefficient (Wildman–Crippen LogP) is 5.58. The Morgan fingerprint density at radius 3 is 2.33 bits per heavy atom. The van der Waals surface area contributed by atoms with Gasteiger partial charge in [-0.25, -0.2) is 0 Å². The summed E-state index contributed by atoms with van der Waals surface area (Å²) < 4.78 is 56.8. The van der Waals surface area contributed by atoms with Crippen LogP contribution in [0.25, 0.3) is 22.3 Å². The summed E-state index contributed by atoms with van der Waals surface area (Å²) in [7, 11) is 1.50. The molecule has 0 fully saturated rings. The zero-order chi connectivity index (χ0) is 19.0. The van der Waals surface area contributed by atoms with E-state index in [1.54, 1.807) is 48.5 Å². The van der Waals surface area contributed by atoms with Crippen molar-refractivity contribution in [2.45, 2.75) is 6.18 Å². The summed E-state index contributed by atoms with van der Waals surface area (Å²) in [6.45, 7) is 0.0977. The molecule has 4 rings (SSSR count). The van der Waals surface area contributed by atoms with E-state index in [-0.39, 0.29) is 12.4 Å². The van der Waals surface area contributed by atoms with Crippen molar-refractivity contribution in [3.05, 3.63) is 66.2 Å². The zero-order valence-corrected chi connectivity index (χ0v) is 14.3. The van der Waals surface area contributed by atoms with Crippen LogP contribution in [-0.2, 0) is 6.18 Å². The maximum absolute atomic E-state index is 13.7. The summed E-state index contributed by atoms with van der Waals surface area (Å²) in [4.78, 5) is 0. The molecule has 0 N–H and O–H groups in total. The molecule has 0 bridgehead atoms. The Morgan fingerprint density at radius 1 is 0.926 bits per heavy atom. The second kappa shape index (κ2) is 6.54. The third kappa shape index (κ3) is 3.18. The molecule has 0 saturated heterocycles. The van der Waals surface area contributed by atoms with Gasteiger partial charge in [-0.15, -0.1) is 0 Å². The Kier molecular flexibility index (Phi) is 4.18. The molecule has 1 aliphatic rings. The number of halogens is 3. The molecule has 1 radical (unpaired) electrons. The lowest BCUT2D eigenvalue weighted by Gasteiger charge is -2.18. The third-order valence-electron chi connectivity index (χ3n) is 4.34. The van der Waals surface area contributed by atoms with Gasteiger partial charge in [-0.05, 0) is 47.0 Å². The van der Waals surface area contributed by atoms with Gasteiger partial charge in [-0.2, -0.15) is 13.2 Å². The van der Waals surface area contributed by atoms with Crippen molar-refractivity contribution >= 4 is 0 Å². The first kappa shape index (κ1) is 17.3. The van der Waals surface area contributed by atoms with Crippen molar-refractivity contribution < 1.29 is 27.4 Å². The zero-order valence-electron chi connectivity index (χ0n) is 14.3. The number of alkyl halides is 3. The molecule has 1 aliphatic heterocycles. The number of rotatable bonds is 3. The largest absolute Gasteiger partial charge is 0.497 e. The molecule has 3 aromatic rings. The minimum absolute atomic E-state index is 0.0616. The summed E-state index contributed by atoms with van der Waals surface area (Å²) >= 11 is 0. The predicted molar refractivity (Wildman–Crippen MR) is 93.8 cm³/mol. The van der Waals surface area contributed by atoms with Gasteiger partial charge in [0.15, 0.2) is 11.5 Å². The number of methoxy groups -OCH3 is 1. The fraction of sp³-hybridized carbons (Fsp3) is 0.143. The monoisotopic (exact) mass is 371 g/mol. The molecule has 1 heterocycles. The summed E-state index contributed by atoms with van der Waals surface area (Å²) in [6.07, 6.45) is -4.54. The van der Waals surface area contributed by atoms with Crippen LogP contribution in [0, 0.1) is 6.07 Å². The van der Waals surface area contributed by atoms with Crippen LogP contribution in [0.15, 0.2) is 54.6 Å². The van der Waals surface area contributed by atoms with Crippen LogP contribution < -0.4 is 14.2 Å². The van der Waals surface area contributed by atoms with Crippen molar-refractivity contribution in [2.75, 3.05) is 13.9 Å². The first-order valence-corrected chi connectivity index (χ1v) is 8.14. The number of hydrogen-bond acceptors (Lipinski definition) is 3. The van der Waals surface area contributed by atoms with Crippen LogP contribution in [-0.4, -0.2) is 13.9 Å². The van der Waals surface area contributed by atoms with E-state index in [0.717, 1.165) is 0 Å². The summed E-state index contributed by atoms with van der Waals surface area (Å²) in [5.41, 5.74) is 0.705. The molecule has 0 aliphatic carbocycles. The summed E-state index contributed by atoms with van der Waals surface area (Å²) in [5.74, 6) is 1.65. The van der Waals surface area contributed by atoms with Crippen molar-refractivity contribution in [3.8, 4) is 39.5 Å². The van der Waals surface area contributed by atoms with Gasteiger partial charge in [0.2, 0.25) is 6.79 Å². The topological polar surface area (TPSA) is 27.7 Å². The van der Waals surface area contributed by atoms with Gasteiger partial charge in [0, 0.05) is 5.56 Å². The fourth-order valence-electron chi connectivity index (χ4n) is 3.08. The molecular formula is C21H14F3O3. The molecular weight excluding hydrogens is 357 g/mol. The Bertz CT molecular complexity index is 979. The molecule has 6 heteroatoms. The van der Waals surface area contributed by atoms with E-state index in [1.165, 1.54) is 13.2 Å². The first-order chi connectivity index (χ1) is 13.0. The highest BCUT2D eigenvalue weighted by Crippen LogP contribution is 2.44. The molecule has 27 heavy (non-hydrogen) atoms. The van der Waals surface area contributed by atoms with Crippen LogP contribution >= 0.6 is 0 Å². The van der Waals surface area contributed by atoms with Crippen LogP contribution in [0.4, 0.5) is 13.2 Å². The highest BCUT2D eigenvalue weighted by Gasteiger charge is 2.35. The van der Waals surface area contributed by atoms with E-state index in [9.17, 15) is 13.2 Å². The average molecular weight is 371 g/mol. The van der Waals surface area contributed by atoms with E-state index in [1.807, 2.05) is 0 Å². The molecule has 0 aromatic heterocycles. The maximum Gasteiger partial charge on any atom is 0.417 e. The van der Waals surface area contributed by atoms with E-state index in [2.05, 4.69) is 6.07 Å². The van der Waals surface area contributed by atoms with Crippen molar-refractivity contribution in [3.63, 3.8) is 0 Å². The second-order valence-electron chi connectivity index (χ2n) is 5.94. The van der Waals surface area contributed by atoms with Gasteiger partial charge in [0.05, 0.1) is 12.7 Å². The molecule has 3 nitrogen and oxygen atoms in total. The number of hydrogen-bond donors (Lipinski definition) is 0. The smallest absolute Gasteiger partial charge is 0.417 e. The van der Waals surface area contributed by atoms with Gasteiger partial charge in [-0.1, -0.05) is 30.3 Å². The highest BCUT2D eigenvalue weighted by atomic mass is 19.4. The van der Waals surface area contributed by atoms with Crippen LogP contribution in [0.3, 0.4) is 0 Å². The van der Waals surface area contributed by atoms with Gasteiger partial charge in [-0.3, -0.25) is 0 Å². The summed E-state index contributed by atoms with van der Waals surface area (Å²) in [5, 5.41) is 0. The maximum atomic E-state index is 13.7. The SMILES string of the molecule is COc1ccc(-c2c(C(F)(F)F)[c]ccc2-c2ccc3c(c2)OCO3)cc1. The van der Waals surface area contributed by atoms with Crippen LogP contribution in [0.2, 0.25) is 0 Å². The molecule has 0 unspecified atom stereocenters. The van der Waals surface area contributed by atoms with Crippen molar-refractivity contribution in [2.24, 2.45) is 0 Å². The number of benzene rings is 3. The average Bonchev–Trinajstić information content (AvgIpc) is 3.14. The lowest BCUT2D eigenvalue weighted by atomic mass is 9.90. The molecule has 0 amide bonds. The van der Waals surface area contributed by atoms with Gasteiger partial charge >= 0.3 is 6.18 Å². The van der Waals surface area contributed by atoms with E-state index < -0.39 is 11.7 Å². The standard InChI is InChI=1S/C21H14F3O3/c1-25-15-8-5-13(6-9-15)20-16(3-2-4-17(20)21(22,23)24)14-7-10-18-19(11-14)27-12-26-18/h2-3,5-11H,12H2,1H3. The van der Waals surface area contributed by atoms with Crippen molar-refractivity contribution in [1.82, 2.24) is 0 Å². The molecule has 0 saturated carbocycles. The lowest BCUT2D eigenvalue weighted by molar-refractivity contribution is -0.137. The fourth-order valence-corrected chi connectivity index (χ4v) is 3.08. The molecule has 0 spiro atoms. The number of ether oxygens (including phenoxy) is 3. The Hall–Kier alpha value is -3.15. The first-order valence-electron chi connectivity index (χ1n) is 8.14. The highest BCUT2D eigenvalue weighted by molar-refractivity contribution is 5.87. The van der Waals surface area contributed by atoms with Crippen LogP contribution in [0.5, 0.6) is 17.2 Å². The van der Waals surface area contributed by atoms with Gasteiger partial charge < -0.3 is 14.2 Å². The van der Waals surface area contributed by atoms with Crippen LogP contribution in [0.1, 0.15) is 5.56 Å². The van der Waals surface area contributed by atoms with Crippen molar-refractivity contribution in [1.29, 1.82) is 0 Å². The Morgan fingerprint density at radius 2 is 1.63 bits per heavy atom. The Balaban J connectivity index is 1.93. The van der Waals surface area contributed by atoms with E-state index in [0.29, 0.717) is 33.9 Å². The molecule has 3 aromatic carbocycles.